The topological polar surface area (TPSA) is 76.2 Å². The summed E-state index contributed by atoms with van der Waals surface area (Å²) >= 11 is 1.40. The molecule has 0 atom stereocenters. The molecule has 1 fully saturated rings. The summed E-state index contributed by atoms with van der Waals surface area (Å²) in [6, 6.07) is 12.0. The van der Waals surface area contributed by atoms with Crippen LogP contribution >= 0.6 is 11.8 Å². The monoisotopic (exact) mass is 411 g/mol. The Morgan fingerprint density at radius 3 is 2.69 bits per heavy atom. The van der Waals surface area contributed by atoms with E-state index >= 15 is 0 Å². The Balaban J connectivity index is 1.39. The fraction of sp³-hybridized carbons (Fsp3) is 0.381. The molecule has 2 aromatic heterocycles. The molecule has 0 radical (unpaired) electrons. The number of rotatable bonds is 8. The van der Waals surface area contributed by atoms with Gasteiger partial charge in [0.25, 0.3) is 0 Å². The van der Waals surface area contributed by atoms with E-state index in [1.165, 1.54) is 17.3 Å². The maximum atomic E-state index is 12.3. The predicted molar refractivity (Wildman–Crippen MR) is 113 cm³/mol. The van der Waals surface area contributed by atoms with Gasteiger partial charge < -0.3 is 14.6 Å². The van der Waals surface area contributed by atoms with Crippen molar-refractivity contribution < 1.29 is 9.21 Å². The van der Waals surface area contributed by atoms with E-state index < -0.39 is 0 Å². The van der Waals surface area contributed by atoms with Crippen LogP contribution in [-0.4, -0.2) is 39.5 Å². The van der Waals surface area contributed by atoms with Crippen LogP contribution in [0.15, 0.2) is 52.2 Å². The number of aryl methyl sites for hydroxylation is 1. The van der Waals surface area contributed by atoms with E-state index in [1.54, 1.807) is 6.26 Å². The van der Waals surface area contributed by atoms with Crippen LogP contribution in [-0.2, 0) is 17.9 Å². The SMILES string of the molecule is Cc1ccc(CNC(=O)CSc2nnc(N3CCCC3)n2Cc2ccco2)cc1. The first-order valence-corrected chi connectivity index (χ1v) is 10.8. The van der Waals surface area contributed by atoms with Crippen molar-refractivity contribution in [3.63, 3.8) is 0 Å². The Morgan fingerprint density at radius 2 is 1.97 bits per heavy atom. The van der Waals surface area contributed by atoms with Gasteiger partial charge in [0.1, 0.15) is 5.76 Å². The van der Waals surface area contributed by atoms with Crippen molar-refractivity contribution in [1.82, 2.24) is 20.1 Å². The van der Waals surface area contributed by atoms with E-state index in [4.69, 9.17) is 4.42 Å². The number of aromatic nitrogens is 3. The third-order valence-corrected chi connectivity index (χ3v) is 5.89. The van der Waals surface area contributed by atoms with Crippen LogP contribution < -0.4 is 10.2 Å². The summed E-state index contributed by atoms with van der Waals surface area (Å²) in [4.78, 5) is 14.6. The quantitative estimate of drug-likeness (QED) is 0.574. The van der Waals surface area contributed by atoms with Gasteiger partial charge in [0.2, 0.25) is 11.9 Å². The molecule has 1 aliphatic heterocycles. The second-order valence-corrected chi connectivity index (χ2v) is 8.14. The highest BCUT2D eigenvalue weighted by Crippen LogP contribution is 2.25. The fourth-order valence-corrected chi connectivity index (χ4v) is 4.09. The lowest BCUT2D eigenvalue weighted by Crippen LogP contribution is -2.25. The number of carbonyl (C=O) groups excluding carboxylic acids is 1. The van der Waals surface area contributed by atoms with Gasteiger partial charge in [0.15, 0.2) is 5.16 Å². The van der Waals surface area contributed by atoms with Crippen LogP contribution in [0.5, 0.6) is 0 Å². The molecule has 7 nitrogen and oxygen atoms in total. The predicted octanol–water partition coefficient (Wildman–Crippen LogP) is 3.24. The number of benzene rings is 1. The van der Waals surface area contributed by atoms with Gasteiger partial charge >= 0.3 is 0 Å². The molecule has 1 N–H and O–H groups in total. The van der Waals surface area contributed by atoms with Gasteiger partial charge in [0.05, 0.1) is 18.6 Å². The fourth-order valence-electron chi connectivity index (χ4n) is 3.32. The zero-order valence-corrected chi connectivity index (χ0v) is 17.3. The molecule has 1 amide bonds. The number of anilines is 1. The lowest BCUT2D eigenvalue weighted by molar-refractivity contribution is -0.118. The molecule has 1 aliphatic rings. The van der Waals surface area contributed by atoms with Crippen LogP contribution in [0.4, 0.5) is 5.95 Å². The first kappa shape index (κ1) is 19.6. The number of nitrogens with zero attached hydrogens (tertiary/aromatic N) is 4. The summed E-state index contributed by atoms with van der Waals surface area (Å²) in [5, 5.41) is 12.5. The Hall–Kier alpha value is -2.74. The molecule has 0 spiro atoms. The number of furan rings is 1. The highest BCUT2D eigenvalue weighted by molar-refractivity contribution is 7.99. The molecule has 3 aromatic rings. The Bertz CT molecular complexity index is 931. The summed E-state index contributed by atoms with van der Waals surface area (Å²) < 4.78 is 7.56. The Morgan fingerprint density at radius 1 is 1.17 bits per heavy atom. The zero-order valence-electron chi connectivity index (χ0n) is 16.5. The lowest BCUT2D eigenvalue weighted by Gasteiger charge is -2.17. The molecule has 8 heteroatoms. The van der Waals surface area contributed by atoms with E-state index in [2.05, 4.69) is 20.4 Å². The first-order chi connectivity index (χ1) is 14.2. The van der Waals surface area contributed by atoms with E-state index in [0.717, 1.165) is 48.4 Å². The second-order valence-electron chi connectivity index (χ2n) is 7.19. The van der Waals surface area contributed by atoms with Crippen molar-refractivity contribution >= 4 is 23.6 Å². The second kappa shape index (κ2) is 9.17. The van der Waals surface area contributed by atoms with Crippen LogP contribution in [0.1, 0.15) is 29.7 Å². The summed E-state index contributed by atoms with van der Waals surface area (Å²) in [7, 11) is 0. The number of nitrogens with one attached hydrogen (secondary N) is 1. The summed E-state index contributed by atoms with van der Waals surface area (Å²) in [6.45, 7) is 5.10. The zero-order chi connectivity index (χ0) is 20.1. The smallest absolute Gasteiger partial charge is 0.230 e. The Kier molecular flexibility index (Phi) is 6.19. The van der Waals surface area contributed by atoms with E-state index in [1.807, 2.05) is 47.9 Å². The maximum Gasteiger partial charge on any atom is 0.230 e. The molecule has 0 unspecified atom stereocenters. The average molecular weight is 412 g/mol. The van der Waals surface area contributed by atoms with Crippen LogP contribution in [0.3, 0.4) is 0 Å². The molecule has 1 aromatic carbocycles. The summed E-state index contributed by atoms with van der Waals surface area (Å²) in [5.74, 6) is 1.96. The maximum absolute atomic E-state index is 12.3. The van der Waals surface area contributed by atoms with Gasteiger partial charge in [-0.25, -0.2) is 0 Å². The summed E-state index contributed by atoms with van der Waals surface area (Å²) in [6.07, 6.45) is 4.00. The first-order valence-electron chi connectivity index (χ1n) is 9.84. The third kappa shape index (κ3) is 5.00. The van der Waals surface area contributed by atoms with Crippen molar-refractivity contribution in [2.24, 2.45) is 0 Å². The highest BCUT2D eigenvalue weighted by Gasteiger charge is 2.22. The minimum absolute atomic E-state index is 0.0224. The van der Waals surface area contributed by atoms with Gasteiger partial charge in [-0.05, 0) is 37.5 Å². The summed E-state index contributed by atoms with van der Waals surface area (Å²) in [5.41, 5.74) is 2.30. The normalized spacial score (nSPS) is 13.8. The number of amides is 1. The molecule has 4 rings (SSSR count). The standard InChI is InChI=1S/C21H25N5O2S/c1-16-6-8-17(9-7-16)13-22-19(27)15-29-21-24-23-20(25-10-2-3-11-25)26(21)14-18-5-4-12-28-18/h4-9,12H,2-3,10-11,13-15H2,1H3,(H,22,27). The average Bonchev–Trinajstić information content (AvgIpc) is 3.49. The van der Waals surface area contributed by atoms with E-state index in [9.17, 15) is 4.79 Å². The highest BCUT2D eigenvalue weighted by atomic mass is 32.2. The minimum atomic E-state index is -0.0224. The molecular weight excluding hydrogens is 386 g/mol. The van der Waals surface area contributed by atoms with E-state index in [0.29, 0.717) is 18.8 Å². The molecule has 1 saturated heterocycles. The minimum Gasteiger partial charge on any atom is -0.467 e. The molecule has 3 heterocycles. The molecule has 0 bridgehead atoms. The number of thioether (sulfide) groups is 1. The van der Waals surface area contributed by atoms with Crippen molar-refractivity contribution in [3.05, 3.63) is 59.5 Å². The van der Waals surface area contributed by atoms with Crippen LogP contribution in [0.25, 0.3) is 0 Å². The Labute approximate surface area is 174 Å². The van der Waals surface area contributed by atoms with Crippen molar-refractivity contribution in [1.29, 1.82) is 0 Å². The van der Waals surface area contributed by atoms with Crippen molar-refractivity contribution in [3.8, 4) is 0 Å². The largest absolute Gasteiger partial charge is 0.467 e. The lowest BCUT2D eigenvalue weighted by atomic mass is 10.1. The number of carbonyl (C=O) groups is 1. The van der Waals surface area contributed by atoms with Gasteiger partial charge in [0, 0.05) is 19.6 Å². The van der Waals surface area contributed by atoms with Crippen LogP contribution in [0.2, 0.25) is 0 Å². The number of hydrogen-bond donors (Lipinski definition) is 1. The molecule has 0 aliphatic carbocycles. The molecular formula is C21H25N5O2S. The van der Waals surface area contributed by atoms with Gasteiger partial charge in [-0.2, -0.15) is 0 Å². The van der Waals surface area contributed by atoms with Crippen molar-refractivity contribution in [2.75, 3.05) is 23.7 Å². The molecule has 29 heavy (non-hydrogen) atoms. The van der Waals surface area contributed by atoms with Gasteiger partial charge in [-0.3, -0.25) is 9.36 Å². The van der Waals surface area contributed by atoms with Crippen molar-refractivity contribution in [2.45, 2.75) is 38.0 Å². The molecule has 152 valence electrons. The van der Waals surface area contributed by atoms with Gasteiger partial charge in [-0.1, -0.05) is 41.6 Å². The molecule has 0 saturated carbocycles. The van der Waals surface area contributed by atoms with Crippen LogP contribution in [0, 0.1) is 6.92 Å². The van der Waals surface area contributed by atoms with E-state index in [-0.39, 0.29) is 5.91 Å². The third-order valence-electron chi connectivity index (χ3n) is 4.92. The van der Waals surface area contributed by atoms with Gasteiger partial charge in [-0.15, -0.1) is 10.2 Å². The number of hydrogen-bond acceptors (Lipinski definition) is 6.